The second-order valence-corrected chi connectivity index (χ2v) is 7.76. The molecule has 32 heavy (non-hydrogen) atoms. The van der Waals surface area contributed by atoms with Crippen molar-refractivity contribution in [2.45, 2.75) is 51.8 Å². The first-order valence-corrected chi connectivity index (χ1v) is 10.6. The van der Waals surface area contributed by atoms with Gasteiger partial charge in [-0.3, -0.25) is 0 Å². The maximum absolute atomic E-state index is 13.5. The van der Waals surface area contributed by atoms with Crippen LogP contribution in [0.15, 0.2) is 34.9 Å². The molecule has 3 aromatic rings. The number of alkyl halides is 3. The number of hydrogen-bond donors (Lipinski definition) is 0. The van der Waals surface area contributed by atoms with Crippen LogP contribution in [0.3, 0.4) is 0 Å². The molecule has 0 saturated heterocycles. The molecule has 5 nitrogen and oxygen atoms in total. The lowest BCUT2D eigenvalue weighted by atomic mass is 9.97. The third kappa shape index (κ3) is 4.85. The Morgan fingerprint density at radius 3 is 2.38 bits per heavy atom. The molecule has 9 heteroatoms. The minimum atomic E-state index is -4.65. The first-order valence-electron chi connectivity index (χ1n) is 10.2. The summed E-state index contributed by atoms with van der Waals surface area (Å²) in [6, 6.07) is 7.90. The second kappa shape index (κ2) is 9.81. The molecule has 1 atom stereocenters. The first kappa shape index (κ1) is 23.9. The van der Waals surface area contributed by atoms with Crippen molar-refractivity contribution in [1.82, 2.24) is 5.16 Å². The fourth-order valence-corrected chi connectivity index (χ4v) is 3.71. The van der Waals surface area contributed by atoms with E-state index >= 15 is 0 Å². The van der Waals surface area contributed by atoms with Crippen LogP contribution in [-0.2, 0) is 28.5 Å². The highest BCUT2D eigenvalue weighted by Crippen LogP contribution is 2.42. The maximum atomic E-state index is 13.5. The number of halogens is 4. The molecule has 0 aliphatic heterocycles. The largest absolute Gasteiger partial charge is 0.473 e. The van der Waals surface area contributed by atoms with E-state index in [0.717, 1.165) is 0 Å². The number of aromatic nitrogens is 1. The number of nitrogens with zero attached hydrogens (tertiary/aromatic N) is 1. The minimum absolute atomic E-state index is 0.00810. The number of carbonyl (C=O) groups excluding carboxylic acids is 1. The molecule has 0 radical (unpaired) electrons. The van der Waals surface area contributed by atoms with E-state index in [4.69, 9.17) is 25.6 Å². The molecule has 0 saturated carbocycles. The van der Waals surface area contributed by atoms with Crippen LogP contribution in [0.5, 0.6) is 5.75 Å². The Morgan fingerprint density at radius 2 is 1.81 bits per heavy atom. The van der Waals surface area contributed by atoms with Gasteiger partial charge >= 0.3 is 12.1 Å². The summed E-state index contributed by atoms with van der Waals surface area (Å²) in [5, 5.41) is 3.66. The van der Waals surface area contributed by atoms with Crippen molar-refractivity contribution in [3.05, 3.63) is 57.7 Å². The van der Waals surface area contributed by atoms with Crippen LogP contribution in [0, 0.1) is 0 Å². The van der Waals surface area contributed by atoms with Gasteiger partial charge in [0.25, 0.3) is 0 Å². The molecule has 0 aliphatic carbocycles. The quantitative estimate of drug-likeness (QED) is 0.343. The molecular formula is C23H23ClF3NO4. The summed E-state index contributed by atoms with van der Waals surface area (Å²) in [6.07, 6.45) is -3.69. The third-order valence-corrected chi connectivity index (χ3v) is 5.25. The van der Waals surface area contributed by atoms with Gasteiger partial charge in [0, 0.05) is 16.1 Å². The van der Waals surface area contributed by atoms with Crippen LogP contribution in [-0.4, -0.2) is 18.2 Å². The van der Waals surface area contributed by atoms with Gasteiger partial charge in [-0.05, 0) is 36.6 Å². The highest BCUT2D eigenvalue weighted by Gasteiger charge is 2.38. The number of methoxy groups -OCH3 is 1. The lowest BCUT2D eigenvalue weighted by Crippen LogP contribution is -2.21. The number of esters is 1. The van der Waals surface area contributed by atoms with Gasteiger partial charge in [-0.1, -0.05) is 55.6 Å². The van der Waals surface area contributed by atoms with Gasteiger partial charge in [-0.2, -0.15) is 13.2 Å². The second-order valence-electron chi connectivity index (χ2n) is 7.32. The Bertz CT molecular complexity index is 1090. The van der Waals surface area contributed by atoms with E-state index in [1.54, 1.807) is 24.3 Å². The topological polar surface area (TPSA) is 61.6 Å². The Labute approximate surface area is 188 Å². The lowest BCUT2D eigenvalue weighted by molar-refractivity contribution is -0.149. The summed E-state index contributed by atoms with van der Waals surface area (Å²) in [7, 11) is 1.24. The van der Waals surface area contributed by atoms with E-state index < -0.39 is 23.9 Å². The highest BCUT2D eigenvalue weighted by molar-refractivity contribution is 6.30. The predicted molar refractivity (Wildman–Crippen MR) is 114 cm³/mol. The number of carbonyl (C=O) groups is 1. The number of ether oxygens (including phenoxy) is 2. The smallest absolute Gasteiger partial charge is 0.437 e. The van der Waals surface area contributed by atoms with E-state index in [9.17, 15) is 18.0 Å². The van der Waals surface area contributed by atoms with E-state index in [2.05, 4.69) is 5.16 Å². The Balaban J connectivity index is 2.22. The van der Waals surface area contributed by atoms with Gasteiger partial charge in [-0.15, -0.1) is 0 Å². The maximum Gasteiger partial charge on any atom is 0.437 e. The molecule has 0 N–H and O–H groups in total. The summed E-state index contributed by atoms with van der Waals surface area (Å²) in [5.41, 5.74) is 0.420. The van der Waals surface area contributed by atoms with Crippen molar-refractivity contribution in [2.75, 3.05) is 7.11 Å². The first-order chi connectivity index (χ1) is 15.2. The molecule has 0 fully saturated rings. The van der Waals surface area contributed by atoms with E-state index in [-0.39, 0.29) is 11.0 Å². The van der Waals surface area contributed by atoms with E-state index in [1.165, 1.54) is 13.2 Å². The Kier molecular flexibility index (Phi) is 7.33. The SMILES string of the molecule is CCCc1cc2c(C(F)(F)F)noc2c(CCC)c1OC(C(=O)OC)c1ccc(Cl)cc1. The standard InChI is InChI=1S/C23H23ClF3NO4/c1-4-6-14-12-17-20(32-28-21(17)23(25,26)27)16(7-5-2)18(14)31-19(22(29)30-3)13-8-10-15(24)11-9-13/h8-12,19H,4-7H2,1-3H3. The van der Waals surface area contributed by atoms with E-state index in [0.29, 0.717) is 53.1 Å². The molecule has 1 heterocycles. The van der Waals surface area contributed by atoms with Crippen LogP contribution in [0.1, 0.15) is 55.2 Å². The zero-order valence-corrected chi connectivity index (χ0v) is 18.6. The minimum Gasteiger partial charge on any atom is -0.473 e. The van der Waals surface area contributed by atoms with Crippen molar-refractivity contribution < 1.29 is 32.0 Å². The number of rotatable bonds is 8. The monoisotopic (exact) mass is 469 g/mol. The third-order valence-electron chi connectivity index (χ3n) is 5.00. The average molecular weight is 470 g/mol. The van der Waals surface area contributed by atoms with Crippen molar-refractivity contribution in [3.8, 4) is 5.75 Å². The number of hydrogen-bond acceptors (Lipinski definition) is 5. The van der Waals surface area contributed by atoms with Crippen LogP contribution in [0.2, 0.25) is 5.02 Å². The molecule has 0 aliphatic rings. The molecular weight excluding hydrogens is 447 g/mol. The Morgan fingerprint density at radius 1 is 1.16 bits per heavy atom. The highest BCUT2D eigenvalue weighted by atomic mass is 35.5. The van der Waals surface area contributed by atoms with Gasteiger partial charge in [0.15, 0.2) is 11.3 Å². The molecule has 1 aromatic heterocycles. The lowest BCUT2D eigenvalue weighted by Gasteiger charge is -2.22. The fourth-order valence-electron chi connectivity index (χ4n) is 3.58. The fraction of sp³-hybridized carbons (Fsp3) is 0.391. The van der Waals surface area contributed by atoms with Gasteiger partial charge in [-0.25, -0.2) is 4.79 Å². The molecule has 2 aromatic carbocycles. The van der Waals surface area contributed by atoms with E-state index in [1.807, 2.05) is 13.8 Å². The molecule has 0 amide bonds. The zero-order valence-electron chi connectivity index (χ0n) is 17.9. The van der Waals surface area contributed by atoms with Crippen molar-refractivity contribution in [2.24, 2.45) is 0 Å². The molecule has 0 spiro atoms. The summed E-state index contributed by atoms with van der Waals surface area (Å²) < 4.78 is 56.7. The summed E-state index contributed by atoms with van der Waals surface area (Å²) in [5.74, 6) is -0.331. The van der Waals surface area contributed by atoms with Gasteiger partial charge in [0.1, 0.15) is 5.75 Å². The van der Waals surface area contributed by atoms with Crippen molar-refractivity contribution in [1.29, 1.82) is 0 Å². The number of benzene rings is 2. The predicted octanol–water partition coefficient (Wildman–Crippen LogP) is 6.70. The molecule has 172 valence electrons. The van der Waals surface area contributed by atoms with Crippen molar-refractivity contribution >= 4 is 28.5 Å². The normalized spacial score (nSPS) is 12.7. The molecule has 1 unspecified atom stereocenters. The average Bonchev–Trinajstić information content (AvgIpc) is 3.18. The van der Waals surface area contributed by atoms with Gasteiger partial charge < -0.3 is 14.0 Å². The van der Waals surface area contributed by atoms with Crippen molar-refractivity contribution in [3.63, 3.8) is 0 Å². The molecule has 3 rings (SSSR count). The summed E-state index contributed by atoms with van der Waals surface area (Å²) >= 11 is 5.96. The summed E-state index contributed by atoms with van der Waals surface area (Å²) in [4.78, 5) is 12.6. The number of fused-ring (bicyclic) bond motifs is 1. The summed E-state index contributed by atoms with van der Waals surface area (Å²) in [6.45, 7) is 3.79. The van der Waals surface area contributed by atoms with Gasteiger partial charge in [0.05, 0.1) is 12.5 Å². The van der Waals surface area contributed by atoms with Gasteiger partial charge in [0.2, 0.25) is 6.10 Å². The Hall–Kier alpha value is -2.74. The zero-order chi connectivity index (χ0) is 23.5. The van der Waals surface area contributed by atoms with Crippen LogP contribution >= 0.6 is 11.6 Å². The van der Waals surface area contributed by atoms with Crippen LogP contribution < -0.4 is 4.74 Å². The number of aryl methyl sites for hydroxylation is 2. The van der Waals surface area contributed by atoms with Crippen LogP contribution in [0.25, 0.3) is 11.0 Å². The van der Waals surface area contributed by atoms with Crippen LogP contribution in [0.4, 0.5) is 13.2 Å². The molecule has 0 bridgehead atoms.